The number of carbonyl (C=O) groups is 2. The summed E-state index contributed by atoms with van der Waals surface area (Å²) in [4.78, 5) is 32.4. The molecule has 2 amide bonds. The van der Waals surface area contributed by atoms with Gasteiger partial charge in [0.2, 0.25) is 0 Å². The van der Waals surface area contributed by atoms with Crippen molar-refractivity contribution in [3.05, 3.63) is 100 Å². The van der Waals surface area contributed by atoms with Crippen molar-refractivity contribution in [3.63, 3.8) is 0 Å². The van der Waals surface area contributed by atoms with Crippen molar-refractivity contribution < 1.29 is 14.0 Å². The quantitative estimate of drug-likeness (QED) is 0.353. The third-order valence-corrected chi connectivity index (χ3v) is 6.72. The molecule has 1 saturated heterocycles. The zero-order chi connectivity index (χ0) is 26.2. The van der Waals surface area contributed by atoms with Crippen molar-refractivity contribution in [1.29, 1.82) is 0 Å². The second-order valence-electron chi connectivity index (χ2n) is 9.17. The molecule has 1 fully saturated rings. The molecule has 4 rings (SSSR count). The average molecular weight is 501 g/mol. The Morgan fingerprint density at radius 2 is 1.75 bits per heavy atom. The zero-order valence-corrected chi connectivity index (χ0v) is 21.2. The fraction of sp³-hybridized carbons (Fsp3) is 0.214. The zero-order valence-electron chi connectivity index (χ0n) is 20.4. The van der Waals surface area contributed by atoms with Gasteiger partial charge in [-0.25, -0.2) is 9.24 Å². The van der Waals surface area contributed by atoms with Crippen LogP contribution in [-0.2, 0) is 11.3 Å². The highest BCUT2D eigenvalue weighted by atomic mass is 32.1. The number of anilines is 2. The highest BCUT2D eigenvalue weighted by molar-refractivity contribution is 7.81. The molecule has 0 saturated carbocycles. The number of rotatable bonds is 5. The summed E-state index contributed by atoms with van der Waals surface area (Å²) in [5.41, 5.74) is 2.86. The highest BCUT2D eigenvalue weighted by Crippen LogP contribution is 2.38. The van der Waals surface area contributed by atoms with Gasteiger partial charge in [-0.3, -0.25) is 14.5 Å². The van der Waals surface area contributed by atoms with E-state index in [1.54, 1.807) is 68.1 Å². The minimum atomic E-state index is -1.06. The van der Waals surface area contributed by atoms with Gasteiger partial charge in [0.25, 0.3) is 11.8 Å². The third kappa shape index (κ3) is 4.34. The molecular formula is C28H25FN4O2S. The first-order chi connectivity index (χ1) is 17.1. The molecule has 0 aliphatic carbocycles. The molecule has 0 unspecified atom stereocenters. The van der Waals surface area contributed by atoms with E-state index < -0.39 is 11.4 Å². The molecule has 3 aromatic rings. The van der Waals surface area contributed by atoms with Crippen molar-refractivity contribution in [2.24, 2.45) is 0 Å². The van der Waals surface area contributed by atoms with Crippen LogP contribution in [0.2, 0.25) is 0 Å². The Morgan fingerprint density at radius 3 is 2.39 bits per heavy atom. The Bertz CT molecular complexity index is 1440. The van der Waals surface area contributed by atoms with Gasteiger partial charge in [0.05, 0.1) is 6.57 Å². The van der Waals surface area contributed by atoms with Gasteiger partial charge in [-0.1, -0.05) is 30.3 Å². The summed E-state index contributed by atoms with van der Waals surface area (Å²) < 4.78 is 15.1. The number of hydrogen-bond acceptors (Lipinski definition) is 3. The number of carbonyl (C=O) groups excluding carboxylic acids is 2. The second kappa shape index (κ2) is 9.51. The molecule has 8 heteroatoms. The maximum Gasteiger partial charge on any atom is 0.259 e. The fourth-order valence-corrected chi connectivity index (χ4v) is 4.80. The van der Waals surface area contributed by atoms with Crippen molar-refractivity contribution in [2.45, 2.75) is 39.8 Å². The minimum absolute atomic E-state index is 0.0187. The third-order valence-electron chi connectivity index (χ3n) is 6.35. The lowest BCUT2D eigenvalue weighted by Gasteiger charge is -2.29. The van der Waals surface area contributed by atoms with Crippen LogP contribution in [-0.4, -0.2) is 22.5 Å². The fourth-order valence-electron chi connectivity index (χ4n) is 4.28. The van der Waals surface area contributed by atoms with Gasteiger partial charge < -0.3 is 10.2 Å². The molecule has 6 nitrogen and oxygen atoms in total. The smallest absolute Gasteiger partial charge is 0.259 e. The van der Waals surface area contributed by atoms with Gasteiger partial charge >= 0.3 is 0 Å². The summed E-state index contributed by atoms with van der Waals surface area (Å²) in [6, 6.07) is 16.9. The lowest BCUT2D eigenvalue weighted by Crippen LogP contribution is -2.44. The van der Waals surface area contributed by atoms with Gasteiger partial charge in [-0.05, 0) is 81.4 Å². The van der Waals surface area contributed by atoms with E-state index in [0.29, 0.717) is 28.2 Å². The first-order valence-electron chi connectivity index (χ1n) is 11.4. The molecule has 3 aromatic carbocycles. The van der Waals surface area contributed by atoms with Gasteiger partial charge in [0, 0.05) is 29.0 Å². The van der Waals surface area contributed by atoms with Gasteiger partial charge in [-0.15, -0.1) is 0 Å². The van der Waals surface area contributed by atoms with Crippen LogP contribution in [0.25, 0.3) is 4.85 Å². The Hall–Kier alpha value is -4.09. The molecule has 0 radical (unpaired) electrons. The topological polar surface area (TPSA) is 57.0 Å². The Kier molecular flexibility index (Phi) is 6.61. The van der Waals surface area contributed by atoms with E-state index in [-0.39, 0.29) is 23.5 Å². The van der Waals surface area contributed by atoms with Crippen molar-refractivity contribution in [1.82, 2.24) is 5.32 Å². The number of halogens is 1. The van der Waals surface area contributed by atoms with E-state index in [0.717, 1.165) is 11.1 Å². The summed E-state index contributed by atoms with van der Waals surface area (Å²) in [6.45, 7) is 14.4. The van der Waals surface area contributed by atoms with Crippen LogP contribution in [0.3, 0.4) is 0 Å². The number of aryl methyl sites for hydroxylation is 2. The number of benzene rings is 3. The molecule has 1 heterocycles. The molecule has 1 aliphatic heterocycles. The van der Waals surface area contributed by atoms with Gasteiger partial charge in [0.15, 0.2) is 10.8 Å². The van der Waals surface area contributed by atoms with Crippen LogP contribution in [0.5, 0.6) is 0 Å². The van der Waals surface area contributed by atoms with E-state index in [4.69, 9.17) is 18.8 Å². The number of nitrogens with one attached hydrogen (secondary N) is 1. The largest absolute Gasteiger partial charge is 0.348 e. The first kappa shape index (κ1) is 25.0. The minimum Gasteiger partial charge on any atom is -0.348 e. The van der Waals surface area contributed by atoms with Crippen LogP contribution >= 0.6 is 12.2 Å². The SMILES string of the molecule is [C-]#[N+]c1ccc(N2C(=O)C(C)(C)N(c3ccc(CNC(=O)c4ccccc4C)c(F)c3)C2=S)cc1C. The molecule has 36 heavy (non-hydrogen) atoms. The lowest BCUT2D eigenvalue weighted by atomic mass is 10.0. The maximum absolute atomic E-state index is 15.1. The Morgan fingerprint density at radius 1 is 1.06 bits per heavy atom. The van der Waals surface area contributed by atoms with Crippen molar-refractivity contribution in [3.8, 4) is 0 Å². The molecular weight excluding hydrogens is 475 g/mol. The standard InChI is InChI=1S/C28H25FN4O2S/c1-17-8-6-7-9-22(17)25(34)31-16-19-10-11-21(15-23(19)29)33-27(36)32(26(35)28(33,3)4)20-12-13-24(30-5)18(2)14-20/h6-15H,16H2,1-4H3,(H,31,34). The second-order valence-corrected chi connectivity index (χ2v) is 9.54. The molecule has 1 N–H and O–H groups in total. The predicted molar refractivity (Wildman–Crippen MR) is 143 cm³/mol. The lowest BCUT2D eigenvalue weighted by molar-refractivity contribution is -0.120. The van der Waals surface area contributed by atoms with Gasteiger partial charge in [0.1, 0.15) is 11.4 Å². The monoisotopic (exact) mass is 500 g/mol. The molecule has 1 aliphatic rings. The molecule has 0 atom stereocenters. The Balaban J connectivity index is 1.58. The van der Waals surface area contributed by atoms with E-state index in [1.165, 1.54) is 11.0 Å². The summed E-state index contributed by atoms with van der Waals surface area (Å²) in [5, 5.41) is 2.98. The van der Waals surface area contributed by atoms with Crippen LogP contribution in [0.1, 0.15) is 40.9 Å². The highest BCUT2D eigenvalue weighted by Gasteiger charge is 2.50. The summed E-state index contributed by atoms with van der Waals surface area (Å²) >= 11 is 5.68. The average Bonchev–Trinajstić information content (AvgIpc) is 3.01. The summed E-state index contributed by atoms with van der Waals surface area (Å²) in [5.74, 6) is -1.05. The van der Waals surface area contributed by atoms with Gasteiger partial charge in [-0.2, -0.15) is 0 Å². The first-order valence-corrected chi connectivity index (χ1v) is 11.8. The summed E-state index contributed by atoms with van der Waals surface area (Å²) in [7, 11) is 0. The number of amides is 2. The Labute approximate surface area is 215 Å². The van der Waals surface area contributed by atoms with Crippen LogP contribution in [0.4, 0.5) is 21.5 Å². The number of nitrogens with zero attached hydrogens (tertiary/aromatic N) is 3. The van der Waals surface area contributed by atoms with Crippen LogP contribution in [0.15, 0.2) is 60.7 Å². The summed E-state index contributed by atoms with van der Waals surface area (Å²) in [6.07, 6.45) is 0. The number of hydrogen-bond donors (Lipinski definition) is 1. The van der Waals surface area contributed by atoms with Crippen LogP contribution < -0.4 is 15.1 Å². The molecule has 0 aromatic heterocycles. The van der Waals surface area contributed by atoms with E-state index in [1.807, 2.05) is 19.1 Å². The predicted octanol–water partition coefficient (Wildman–Crippen LogP) is 5.84. The van der Waals surface area contributed by atoms with Crippen molar-refractivity contribution in [2.75, 3.05) is 9.80 Å². The van der Waals surface area contributed by atoms with Crippen LogP contribution in [0, 0.1) is 26.2 Å². The van der Waals surface area contributed by atoms with E-state index >= 15 is 4.39 Å². The molecule has 0 spiro atoms. The van der Waals surface area contributed by atoms with Crippen molar-refractivity contribution >= 4 is 46.2 Å². The number of thiocarbonyl (C=S) groups is 1. The molecule has 182 valence electrons. The maximum atomic E-state index is 15.1. The van der Waals surface area contributed by atoms with E-state index in [2.05, 4.69) is 10.2 Å². The van der Waals surface area contributed by atoms with E-state index in [9.17, 15) is 9.59 Å². The molecule has 0 bridgehead atoms. The normalized spacial score (nSPS) is 14.7.